The minimum absolute atomic E-state index is 0.0346. The van der Waals surface area contributed by atoms with E-state index in [9.17, 15) is 28.8 Å². The highest BCUT2D eigenvalue weighted by molar-refractivity contribution is 6.38. The zero-order chi connectivity index (χ0) is 36.9. The molecule has 0 spiro atoms. The molecular weight excluding hydrogens is 628 g/mol. The van der Waals surface area contributed by atoms with Gasteiger partial charge in [0.15, 0.2) is 0 Å². The predicted octanol–water partition coefficient (Wildman–Crippen LogP) is 3.81. The third-order valence-corrected chi connectivity index (χ3v) is 9.92. The molecule has 1 aliphatic heterocycles. The van der Waals surface area contributed by atoms with Crippen molar-refractivity contribution in [3.05, 3.63) is 12.7 Å². The van der Waals surface area contributed by atoms with Crippen molar-refractivity contribution in [2.45, 2.75) is 131 Å². The van der Waals surface area contributed by atoms with E-state index >= 15 is 0 Å². The molecule has 13 nitrogen and oxygen atoms in total. The molecule has 1 aliphatic carbocycles. The third-order valence-electron chi connectivity index (χ3n) is 9.92. The van der Waals surface area contributed by atoms with E-state index < -0.39 is 64.7 Å². The average Bonchev–Trinajstić information content (AvgIpc) is 3.49. The van der Waals surface area contributed by atoms with Crippen molar-refractivity contribution < 1.29 is 33.5 Å². The van der Waals surface area contributed by atoms with Crippen LogP contribution in [0.2, 0.25) is 0 Å². The number of hydrogen-bond donors (Lipinski definition) is 5. The first-order chi connectivity index (χ1) is 23.0. The quantitative estimate of drug-likeness (QED) is 0.121. The van der Waals surface area contributed by atoms with Crippen LogP contribution in [0.4, 0.5) is 9.59 Å². The lowest BCUT2D eigenvalue weighted by atomic mass is 9.70. The maximum absolute atomic E-state index is 14.7. The summed E-state index contributed by atoms with van der Waals surface area (Å²) in [6, 6.07) is -4.10. The number of nitrogens with zero attached hydrogens (tertiary/aromatic N) is 1. The number of nitrogens with one attached hydrogen (secondary N) is 5. The highest BCUT2D eigenvalue weighted by atomic mass is 16.5. The molecule has 5 N–H and O–H groups in total. The van der Waals surface area contributed by atoms with Crippen LogP contribution in [-0.2, 0) is 23.9 Å². The maximum Gasteiger partial charge on any atom is 0.407 e. The molecule has 13 heteroatoms. The van der Waals surface area contributed by atoms with E-state index in [4.69, 9.17) is 4.74 Å². The van der Waals surface area contributed by atoms with E-state index in [1.165, 1.54) is 6.08 Å². The van der Waals surface area contributed by atoms with Crippen LogP contribution in [0.25, 0.3) is 0 Å². The van der Waals surface area contributed by atoms with Gasteiger partial charge in [-0.05, 0) is 61.7 Å². The van der Waals surface area contributed by atoms with Gasteiger partial charge in [0.1, 0.15) is 24.7 Å². The Morgan fingerprint density at radius 2 is 1.63 bits per heavy atom. The molecule has 0 aromatic carbocycles. The number of amides is 6. The van der Waals surface area contributed by atoms with Crippen molar-refractivity contribution in [2.24, 2.45) is 22.7 Å². The fourth-order valence-electron chi connectivity index (χ4n) is 6.78. The topological polar surface area (TPSA) is 175 Å². The number of ether oxygens (including phenoxy) is 1. The first-order valence-electron chi connectivity index (χ1n) is 18.0. The van der Waals surface area contributed by atoms with E-state index in [0.717, 1.165) is 19.3 Å². The van der Waals surface area contributed by atoms with Gasteiger partial charge in [0, 0.05) is 19.6 Å². The molecule has 0 aromatic heterocycles. The largest absolute Gasteiger partial charge is 0.447 e. The number of Topliss-reactive ketones (excluding diaryl/α,β-unsaturated/α-hetero) is 1. The number of rotatable bonds is 16. The molecule has 278 valence electrons. The summed E-state index contributed by atoms with van der Waals surface area (Å²) in [5.41, 5.74) is -1.05. The maximum atomic E-state index is 14.7. The highest BCUT2D eigenvalue weighted by Crippen LogP contribution is 2.41. The van der Waals surface area contributed by atoms with Crippen LogP contribution < -0.4 is 26.6 Å². The predicted molar refractivity (Wildman–Crippen MR) is 188 cm³/mol. The molecule has 1 saturated carbocycles. The van der Waals surface area contributed by atoms with Crippen molar-refractivity contribution in [3.63, 3.8) is 0 Å². The second-order valence-corrected chi connectivity index (χ2v) is 15.2. The fraction of sp³-hybridized carbons (Fsp3) is 0.778. The zero-order valence-electron chi connectivity index (χ0n) is 31.0. The molecule has 49 heavy (non-hydrogen) atoms. The second kappa shape index (κ2) is 18.9. The number of carbonyl (C=O) groups excluding carboxylic acids is 6. The number of urea groups is 1. The van der Waals surface area contributed by atoms with E-state index in [0.29, 0.717) is 45.3 Å². The Morgan fingerprint density at radius 3 is 2.18 bits per heavy atom. The normalized spacial score (nSPS) is 20.7. The molecule has 3 unspecified atom stereocenters. The number of ketones is 1. The first kappa shape index (κ1) is 41.5. The zero-order valence-corrected chi connectivity index (χ0v) is 31.0. The van der Waals surface area contributed by atoms with Crippen LogP contribution in [0.15, 0.2) is 12.7 Å². The van der Waals surface area contributed by atoms with Gasteiger partial charge < -0.3 is 36.2 Å². The van der Waals surface area contributed by atoms with Gasteiger partial charge in [-0.25, -0.2) is 9.59 Å². The monoisotopic (exact) mass is 690 g/mol. The van der Waals surface area contributed by atoms with E-state index in [1.807, 2.05) is 48.5 Å². The molecule has 0 aromatic rings. The van der Waals surface area contributed by atoms with Crippen molar-refractivity contribution in [1.29, 1.82) is 0 Å². The fourth-order valence-corrected chi connectivity index (χ4v) is 6.78. The number of likely N-dealkylation sites (tertiary alicyclic amines) is 1. The Balaban J connectivity index is 2.40. The lowest BCUT2D eigenvalue weighted by Gasteiger charge is -2.43. The minimum atomic E-state index is -1.13. The van der Waals surface area contributed by atoms with Gasteiger partial charge >= 0.3 is 12.1 Å². The molecule has 2 rings (SSSR count). The summed E-state index contributed by atoms with van der Waals surface area (Å²) in [5.74, 6) is -2.59. The average molecular weight is 691 g/mol. The van der Waals surface area contributed by atoms with Crippen molar-refractivity contribution in [3.8, 4) is 0 Å². The summed E-state index contributed by atoms with van der Waals surface area (Å²) in [4.78, 5) is 81.6. The van der Waals surface area contributed by atoms with E-state index in [-0.39, 0.29) is 30.8 Å². The first-order valence-corrected chi connectivity index (χ1v) is 18.0. The van der Waals surface area contributed by atoms with Gasteiger partial charge in [-0.2, -0.15) is 0 Å². The Labute approximate surface area is 292 Å². The molecular formula is C36H62N6O7. The molecule has 0 bridgehead atoms. The smallest absolute Gasteiger partial charge is 0.407 e. The highest BCUT2D eigenvalue weighted by Gasteiger charge is 2.50. The summed E-state index contributed by atoms with van der Waals surface area (Å²) < 4.78 is 5.35. The summed E-state index contributed by atoms with van der Waals surface area (Å²) in [6.45, 7) is 20.1. The number of carbonyl (C=O) groups is 6. The number of alkyl carbamates (subject to hydrolysis) is 1. The SMILES string of the molecule is C=CCC(NC(=O)C1[C@@H](C(C)C)CCN1C(=O)C(NC(=O)N[C@H](COC(=O)NCC)C(C)(C)C)C1(C)CCCCC1)C(=O)C(=O)NCCC. The van der Waals surface area contributed by atoms with Crippen LogP contribution in [-0.4, -0.2) is 90.9 Å². The van der Waals surface area contributed by atoms with Crippen LogP contribution in [0, 0.1) is 22.7 Å². The van der Waals surface area contributed by atoms with Gasteiger partial charge in [0.2, 0.25) is 17.6 Å². The van der Waals surface area contributed by atoms with Gasteiger partial charge in [0.05, 0.1) is 6.04 Å². The molecule has 5 atom stereocenters. The lowest BCUT2D eigenvalue weighted by Crippen LogP contribution is -2.63. The molecule has 1 saturated heterocycles. The summed E-state index contributed by atoms with van der Waals surface area (Å²) in [6.07, 6.45) is 6.43. The van der Waals surface area contributed by atoms with Crippen molar-refractivity contribution in [1.82, 2.24) is 31.5 Å². The van der Waals surface area contributed by atoms with E-state index in [1.54, 1.807) is 11.8 Å². The minimum Gasteiger partial charge on any atom is -0.447 e. The van der Waals surface area contributed by atoms with E-state index in [2.05, 4.69) is 33.2 Å². The molecule has 0 radical (unpaired) electrons. The van der Waals surface area contributed by atoms with Crippen LogP contribution >= 0.6 is 0 Å². The Kier molecular flexibility index (Phi) is 16.1. The van der Waals surface area contributed by atoms with Gasteiger partial charge in [-0.1, -0.05) is 73.8 Å². The van der Waals surface area contributed by atoms with Gasteiger partial charge in [0.25, 0.3) is 5.91 Å². The molecule has 6 amide bonds. The van der Waals surface area contributed by atoms with Crippen LogP contribution in [0.5, 0.6) is 0 Å². The van der Waals surface area contributed by atoms with Crippen LogP contribution in [0.1, 0.15) is 107 Å². The molecule has 2 aliphatic rings. The molecule has 2 fully saturated rings. The molecule has 1 heterocycles. The van der Waals surface area contributed by atoms with Crippen LogP contribution in [0.3, 0.4) is 0 Å². The Bertz CT molecular complexity index is 1180. The third kappa shape index (κ3) is 11.7. The lowest BCUT2D eigenvalue weighted by molar-refractivity contribution is -0.145. The Morgan fingerprint density at radius 1 is 0.980 bits per heavy atom. The standard InChI is InChI=1S/C36H62N6O7/c1-10-16-25(28(43)31(45)38-20-11-2)39-30(44)27-24(23(4)5)17-21-42(27)32(46)29(36(9)18-14-13-15-19-36)41-33(47)40-26(35(6,7)8)22-49-34(48)37-12-3/h10,23-27,29H,1,11-22H2,2-9H3,(H,37,48)(H,38,45)(H,39,44)(H2,40,41,47)/t24-,25?,26-,27?,29?/m1/s1. The summed E-state index contributed by atoms with van der Waals surface area (Å²) in [7, 11) is 0. The van der Waals surface area contributed by atoms with Gasteiger partial charge in [-0.3, -0.25) is 19.2 Å². The van der Waals surface area contributed by atoms with Gasteiger partial charge in [-0.15, -0.1) is 6.58 Å². The summed E-state index contributed by atoms with van der Waals surface area (Å²) in [5, 5.41) is 13.8. The number of hydrogen-bond acceptors (Lipinski definition) is 7. The summed E-state index contributed by atoms with van der Waals surface area (Å²) >= 11 is 0. The second-order valence-electron chi connectivity index (χ2n) is 15.2. The Hall–Kier alpha value is -3.64. The van der Waals surface area contributed by atoms with Crippen molar-refractivity contribution in [2.75, 3.05) is 26.2 Å². The van der Waals surface area contributed by atoms with Crippen molar-refractivity contribution >= 4 is 35.6 Å².